The van der Waals surface area contributed by atoms with E-state index in [-0.39, 0.29) is 18.3 Å². The lowest BCUT2D eigenvalue weighted by atomic mass is 9.96. The Bertz CT molecular complexity index is 499. The largest absolute Gasteiger partial charge is 0.371 e. The summed E-state index contributed by atoms with van der Waals surface area (Å²) >= 11 is 0. The first-order chi connectivity index (χ1) is 10.5. The molecule has 1 atom stereocenters. The van der Waals surface area contributed by atoms with Gasteiger partial charge in [0.2, 0.25) is 5.91 Å². The number of anilines is 1. The number of nitrogens with two attached hydrogens (primary N) is 1. The molecule has 1 unspecified atom stereocenters. The molecule has 0 saturated carbocycles. The van der Waals surface area contributed by atoms with Crippen LogP contribution in [0.3, 0.4) is 0 Å². The van der Waals surface area contributed by atoms with Gasteiger partial charge in [-0.15, -0.1) is 12.4 Å². The van der Waals surface area contributed by atoms with Gasteiger partial charge >= 0.3 is 0 Å². The number of nitrogens with zero attached hydrogens (tertiary/aromatic N) is 1. The number of para-hydroxylation sites is 1. The first-order valence-electron chi connectivity index (χ1n) is 8.44. The summed E-state index contributed by atoms with van der Waals surface area (Å²) in [5.74, 6) is -0.0669. The average Bonchev–Trinajstić information content (AvgIpc) is 2.53. The molecule has 1 amide bonds. The average molecular weight is 340 g/mol. The Kier molecular flexibility index (Phi) is 7.86. The summed E-state index contributed by atoms with van der Waals surface area (Å²) < 4.78 is 0. The van der Waals surface area contributed by atoms with Crippen LogP contribution in [0, 0.1) is 0 Å². The summed E-state index contributed by atoms with van der Waals surface area (Å²) in [6.45, 7) is 6.61. The number of rotatable bonds is 6. The van der Waals surface area contributed by atoms with Gasteiger partial charge in [-0.05, 0) is 44.2 Å². The molecular weight excluding hydrogens is 310 g/mol. The number of carbonyl (C=O) groups excluding carboxylic acids is 1. The van der Waals surface area contributed by atoms with Gasteiger partial charge in [0.05, 0.1) is 5.54 Å². The molecule has 1 aliphatic heterocycles. The summed E-state index contributed by atoms with van der Waals surface area (Å²) in [6.07, 6.45) is 5.42. The smallest absolute Gasteiger partial charge is 0.240 e. The molecule has 1 aromatic carbocycles. The second kappa shape index (κ2) is 9.14. The number of hydrogen-bond acceptors (Lipinski definition) is 3. The minimum atomic E-state index is -0.783. The molecule has 0 aliphatic carbocycles. The van der Waals surface area contributed by atoms with Crippen LogP contribution in [0.2, 0.25) is 0 Å². The van der Waals surface area contributed by atoms with Crippen molar-refractivity contribution in [1.82, 2.24) is 5.32 Å². The number of benzene rings is 1. The zero-order valence-corrected chi connectivity index (χ0v) is 15.1. The summed E-state index contributed by atoms with van der Waals surface area (Å²) in [6, 6.07) is 8.35. The number of hydrogen-bond donors (Lipinski definition) is 2. The van der Waals surface area contributed by atoms with Crippen molar-refractivity contribution in [3.8, 4) is 0 Å². The molecule has 2 rings (SSSR count). The van der Waals surface area contributed by atoms with E-state index in [0.29, 0.717) is 13.0 Å². The maximum Gasteiger partial charge on any atom is 0.240 e. The summed E-state index contributed by atoms with van der Waals surface area (Å²) in [4.78, 5) is 14.7. The number of amides is 1. The number of piperidine rings is 1. The zero-order valence-electron chi connectivity index (χ0n) is 14.3. The van der Waals surface area contributed by atoms with Gasteiger partial charge in [0.1, 0.15) is 0 Å². The topological polar surface area (TPSA) is 58.4 Å². The van der Waals surface area contributed by atoms with Crippen molar-refractivity contribution in [3.63, 3.8) is 0 Å². The van der Waals surface area contributed by atoms with E-state index in [1.54, 1.807) is 0 Å². The van der Waals surface area contributed by atoms with E-state index >= 15 is 0 Å². The van der Waals surface area contributed by atoms with Crippen molar-refractivity contribution in [2.75, 3.05) is 18.0 Å². The molecule has 23 heavy (non-hydrogen) atoms. The number of nitrogens with one attached hydrogen (secondary N) is 1. The molecule has 130 valence electrons. The van der Waals surface area contributed by atoms with Crippen molar-refractivity contribution in [3.05, 3.63) is 29.8 Å². The fourth-order valence-corrected chi connectivity index (χ4v) is 3.11. The molecule has 1 aliphatic rings. The second-order valence-corrected chi connectivity index (χ2v) is 6.53. The van der Waals surface area contributed by atoms with E-state index < -0.39 is 5.54 Å². The van der Waals surface area contributed by atoms with Crippen LogP contribution in [-0.4, -0.2) is 24.5 Å². The third kappa shape index (κ3) is 5.40. The summed E-state index contributed by atoms with van der Waals surface area (Å²) in [5.41, 5.74) is 7.73. The van der Waals surface area contributed by atoms with Gasteiger partial charge in [-0.1, -0.05) is 31.5 Å². The lowest BCUT2D eigenvalue weighted by Gasteiger charge is -2.31. The molecule has 1 fully saturated rings. The SMILES string of the molecule is CCCC(C)(N)C(=O)NCc1ccccc1N1CCCCC1.Cl. The predicted molar refractivity (Wildman–Crippen MR) is 99.1 cm³/mol. The Morgan fingerprint density at radius 3 is 2.57 bits per heavy atom. The van der Waals surface area contributed by atoms with E-state index in [1.165, 1.54) is 30.5 Å². The molecule has 4 nitrogen and oxygen atoms in total. The van der Waals surface area contributed by atoms with Crippen molar-refractivity contribution < 1.29 is 4.79 Å². The zero-order chi connectivity index (χ0) is 16.0. The van der Waals surface area contributed by atoms with E-state index in [2.05, 4.69) is 28.4 Å². The molecule has 0 bridgehead atoms. The third-order valence-electron chi connectivity index (χ3n) is 4.42. The standard InChI is InChI=1S/C18H29N3O.ClH/c1-3-11-18(2,19)17(22)20-14-15-9-5-6-10-16(15)21-12-7-4-8-13-21;/h5-6,9-10H,3-4,7-8,11-14,19H2,1-2H3,(H,20,22);1H. The van der Waals surface area contributed by atoms with Gasteiger partial charge in [-0.2, -0.15) is 0 Å². The van der Waals surface area contributed by atoms with Crippen LogP contribution in [0.4, 0.5) is 5.69 Å². The highest BCUT2D eigenvalue weighted by molar-refractivity contribution is 5.85. The van der Waals surface area contributed by atoms with Crippen LogP contribution in [0.15, 0.2) is 24.3 Å². The number of carbonyl (C=O) groups is 1. The maximum atomic E-state index is 12.3. The summed E-state index contributed by atoms with van der Waals surface area (Å²) in [5, 5.41) is 3.01. The van der Waals surface area contributed by atoms with E-state index in [0.717, 1.165) is 19.5 Å². The fraction of sp³-hybridized carbons (Fsp3) is 0.611. The first kappa shape index (κ1) is 19.8. The number of halogens is 1. The van der Waals surface area contributed by atoms with Crippen molar-refractivity contribution in [2.45, 2.75) is 58.0 Å². The Labute approximate surface area is 146 Å². The van der Waals surface area contributed by atoms with E-state index in [9.17, 15) is 4.79 Å². The van der Waals surface area contributed by atoms with Gasteiger partial charge in [-0.3, -0.25) is 4.79 Å². The van der Waals surface area contributed by atoms with E-state index in [1.807, 2.05) is 19.9 Å². The fourth-order valence-electron chi connectivity index (χ4n) is 3.11. The van der Waals surface area contributed by atoms with Crippen LogP contribution >= 0.6 is 12.4 Å². The molecule has 0 aromatic heterocycles. The molecule has 5 heteroatoms. The lowest BCUT2D eigenvalue weighted by Crippen LogP contribution is -2.51. The first-order valence-corrected chi connectivity index (χ1v) is 8.44. The van der Waals surface area contributed by atoms with Crippen LogP contribution < -0.4 is 16.0 Å². The lowest BCUT2D eigenvalue weighted by molar-refractivity contribution is -0.126. The van der Waals surface area contributed by atoms with Crippen molar-refractivity contribution in [1.29, 1.82) is 0 Å². The molecule has 1 aromatic rings. The van der Waals surface area contributed by atoms with Crippen LogP contribution in [0.25, 0.3) is 0 Å². The van der Waals surface area contributed by atoms with Crippen LogP contribution in [0.5, 0.6) is 0 Å². The normalized spacial score (nSPS) is 17.1. The van der Waals surface area contributed by atoms with Gasteiger partial charge in [-0.25, -0.2) is 0 Å². The molecule has 0 spiro atoms. The highest BCUT2D eigenvalue weighted by atomic mass is 35.5. The van der Waals surface area contributed by atoms with Crippen LogP contribution in [-0.2, 0) is 11.3 Å². The molecule has 3 N–H and O–H groups in total. The Balaban J connectivity index is 0.00000264. The van der Waals surface area contributed by atoms with Crippen molar-refractivity contribution >= 4 is 24.0 Å². The molecule has 0 radical (unpaired) electrons. The highest BCUT2D eigenvalue weighted by Crippen LogP contribution is 2.24. The quantitative estimate of drug-likeness (QED) is 0.836. The monoisotopic (exact) mass is 339 g/mol. The highest BCUT2D eigenvalue weighted by Gasteiger charge is 2.27. The Hall–Kier alpha value is -1.26. The van der Waals surface area contributed by atoms with Crippen LogP contribution in [0.1, 0.15) is 51.5 Å². The Morgan fingerprint density at radius 1 is 1.26 bits per heavy atom. The van der Waals surface area contributed by atoms with E-state index in [4.69, 9.17) is 5.73 Å². The maximum absolute atomic E-state index is 12.3. The molecule has 1 saturated heterocycles. The minimum Gasteiger partial charge on any atom is -0.371 e. The Morgan fingerprint density at radius 2 is 1.91 bits per heavy atom. The van der Waals surface area contributed by atoms with Gasteiger partial charge in [0.15, 0.2) is 0 Å². The minimum absolute atomic E-state index is 0. The second-order valence-electron chi connectivity index (χ2n) is 6.53. The molecule has 1 heterocycles. The van der Waals surface area contributed by atoms with Crippen molar-refractivity contribution in [2.24, 2.45) is 5.73 Å². The van der Waals surface area contributed by atoms with Gasteiger partial charge < -0.3 is 16.0 Å². The van der Waals surface area contributed by atoms with Gasteiger partial charge in [0.25, 0.3) is 0 Å². The third-order valence-corrected chi connectivity index (χ3v) is 4.42. The summed E-state index contributed by atoms with van der Waals surface area (Å²) in [7, 11) is 0. The van der Waals surface area contributed by atoms with Gasteiger partial charge in [0, 0.05) is 25.3 Å². The molecular formula is C18H30ClN3O. The predicted octanol–water partition coefficient (Wildman–Crippen LogP) is 3.23.